The molecule has 0 aliphatic carbocycles. The summed E-state index contributed by atoms with van der Waals surface area (Å²) in [4.78, 5) is 22.2. The molecule has 0 aliphatic rings. The van der Waals surface area contributed by atoms with E-state index in [4.69, 9.17) is 11.6 Å². The molecule has 2 aromatic carbocycles. The first-order valence-corrected chi connectivity index (χ1v) is 9.05. The van der Waals surface area contributed by atoms with E-state index in [1.165, 1.54) is 61.7 Å². The molecule has 2 N–H and O–H groups in total. The molecule has 136 valence electrons. The van der Waals surface area contributed by atoms with E-state index in [0.29, 0.717) is 11.3 Å². The van der Waals surface area contributed by atoms with Crippen molar-refractivity contribution in [2.24, 2.45) is 0 Å². The normalized spacial score (nSPS) is 11.5. The first-order valence-electron chi connectivity index (χ1n) is 7.19. The monoisotopic (exact) mass is 395 g/mol. The fourth-order valence-electron chi connectivity index (χ4n) is 1.96. The highest BCUT2D eigenvalue weighted by atomic mass is 35.5. The van der Waals surface area contributed by atoms with Crippen LogP contribution in [-0.4, -0.2) is 26.3 Å². The molecule has 0 spiro atoms. The van der Waals surface area contributed by atoms with Gasteiger partial charge in [-0.25, -0.2) is 13.1 Å². The van der Waals surface area contributed by atoms with Crippen molar-refractivity contribution in [1.29, 1.82) is 0 Å². The molecular weight excluding hydrogens is 382 g/mol. The van der Waals surface area contributed by atoms with Gasteiger partial charge in [-0.05, 0) is 49.0 Å². The molecule has 0 saturated heterocycles. The van der Waals surface area contributed by atoms with Crippen LogP contribution in [0.2, 0.25) is 5.02 Å². The van der Waals surface area contributed by atoms with Crippen molar-refractivity contribution < 1.29 is 18.1 Å². The van der Waals surface area contributed by atoms with Crippen LogP contribution in [0.1, 0.15) is 5.56 Å². The van der Waals surface area contributed by atoms with Crippen LogP contribution in [0.4, 0.5) is 11.4 Å². The highest BCUT2D eigenvalue weighted by Gasteiger charge is 2.12. The van der Waals surface area contributed by atoms with Crippen molar-refractivity contribution >= 4 is 45.0 Å². The number of nitro groups is 1. The van der Waals surface area contributed by atoms with Crippen molar-refractivity contribution in [2.75, 3.05) is 12.4 Å². The van der Waals surface area contributed by atoms with E-state index in [1.807, 2.05) is 0 Å². The minimum atomic E-state index is -3.55. The van der Waals surface area contributed by atoms with Crippen molar-refractivity contribution in [3.05, 3.63) is 69.2 Å². The molecule has 2 aromatic rings. The summed E-state index contributed by atoms with van der Waals surface area (Å²) >= 11 is 5.72. The fourth-order valence-corrected chi connectivity index (χ4v) is 2.88. The molecule has 0 aromatic heterocycles. The van der Waals surface area contributed by atoms with Gasteiger partial charge in [0.25, 0.3) is 5.69 Å². The van der Waals surface area contributed by atoms with Gasteiger partial charge >= 0.3 is 0 Å². The van der Waals surface area contributed by atoms with Gasteiger partial charge in [-0.3, -0.25) is 14.9 Å². The van der Waals surface area contributed by atoms with Gasteiger partial charge in [0.1, 0.15) is 5.02 Å². The number of amides is 1. The highest BCUT2D eigenvalue weighted by molar-refractivity contribution is 7.89. The van der Waals surface area contributed by atoms with E-state index in [2.05, 4.69) is 10.0 Å². The topological polar surface area (TPSA) is 118 Å². The fraction of sp³-hybridized carbons (Fsp3) is 0.0625. The summed E-state index contributed by atoms with van der Waals surface area (Å²) in [5, 5.41) is 13.4. The van der Waals surface area contributed by atoms with E-state index in [0.717, 1.165) is 0 Å². The van der Waals surface area contributed by atoms with Crippen molar-refractivity contribution in [2.45, 2.75) is 4.90 Å². The van der Waals surface area contributed by atoms with Crippen LogP contribution in [0.5, 0.6) is 0 Å². The Kier molecular flexibility index (Phi) is 6.09. The van der Waals surface area contributed by atoms with Crippen molar-refractivity contribution in [3.63, 3.8) is 0 Å². The number of nitro benzene ring substituents is 1. The third kappa shape index (κ3) is 4.88. The summed E-state index contributed by atoms with van der Waals surface area (Å²) in [5.41, 5.74) is 0.582. The molecule has 0 aliphatic heterocycles. The zero-order chi connectivity index (χ0) is 19.3. The Labute approximate surface area is 154 Å². The maximum atomic E-state index is 11.9. The second kappa shape index (κ2) is 8.09. The van der Waals surface area contributed by atoms with E-state index in [9.17, 15) is 23.3 Å². The van der Waals surface area contributed by atoms with Crippen LogP contribution < -0.4 is 10.0 Å². The van der Waals surface area contributed by atoms with Gasteiger partial charge < -0.3 is 5.32 Å². The van der Waals surface area contributed by atoms with Crippen LogP contribution in [0.15, 0.2) is 53.4 Å². The minimum Gasteiger partial charge on any atom is -0.323 e. The van der Waals surface area contributed by atoms with E-state index >= 15 is 0 Å². The molecule has 10 heteroatoms. The number of carbonyl (C=O) groups is 1. The average molecular weight is 396 g/mol. The lowest BCUT2D eigenvalue weighted by molar-refractivity contribution is -0.384. The number of halogens is 1. The molecule has 0 unspecified atom stereocenters. The molecule has 0 fully saturated rings. The van der Waals surface area contributed by atoms with Crippen molar-refractivity contribution in [3.8, 4) is 0 Å². The molecule has 0 heterocycles. The summed E-state index contributed by atoms with van der Waals surface area (Å²) in [6.07, 6.45) is 2.60. The maximum Gasteiger partial charge on any atom is 0.288 e. The zero-order valence-electron chi connectivity index (χ0n) is 13.5. The Morgan fingerprint density at radius 2 is 1.85 bits per heavy atom. The third-order valence-corrected chi connectivity index (χ3v) is 5.04. The zero-order valence-corrected chi connectivity index (χ0v) is 15.0. The van der Waals surface area contributed by atoms with Gasteiger partial charge in [-0.15, -0.1) is 0 Å². The number of nitrogens with one attached hydrogen (secondary N) is 2. The molecule has 0 bridgehead atoms. The minimum absolute atomic E-state index is 0.00760. The molecule has 0 atom stereocenters. The summed E-state index contributed by atoms with van der Waals surface area (Å²) in [5.74, 6) is -0.480. The van der Waals surface area contributed by atoms with E-state index < -0.39 is 20.9 Å². The van der Waals surface area contributed by atoms with Gasteiger partial charge in [0.15, 0.2) is 0 Å². The molecular formula is C16H14ClN3O5S. The first-order chi connectivity index (χ1) is 12.2. The predicted molar refractivity (Wildman–Crippen MR) is 98.5 cm³/mol. The van der Waals surface area contributed by atoms with Gasteiger partial charge in [0, 0.05) is 17.8 Å². The molecule has 2 rings (SSSR count). The summed E-state index contributed by atoms with van der Waals surface area (Å²) in [6.45, 7) is 0. The number of sulfonamides is 1. The lowest BCUT2D eigenvalue weighted by atomic mass is 10.2. The quantitative estimate of drug-likeness (QED) is 0.443. The number of carbonyl (C=O) groups excluding carboxylic acids is 1. The smallest absolute Gasteiger partial charge is 0.288 e. The summed E-state index contributed by atoms with van der Waals surface area (Å²) < 4.78 is 25.4. The largest absolute Gasteiger partial charge is 0.323 e. The Bertz CT molecular complexity index is 972. The van der Waals surface area contributed by atoms with Gasteiger partial charge in [-0.2, -0.15) is 0 Å². The number of nitrogens with zero attached hydrogens (tertiary/aromatic N) is 1. The van der Waals surface area contributed by atoms with Gasteiger partial charge in [-0.1, -0.05) is 17.7 Å². The van der Waals surface area contributed by atoms with Crippen molar-refractivity contribution in [1.82, 2.24) is 4.72 Å². The summed E-state index contributed by atoms with van der Waals surface area (Å²) in [6, 6.07) is 9.77. The van der Waals surface area contributed by atoms with Crippen LogP contribution in [0, 0.1) is 10.1 Å². The second-order valence-electron chi connectivity index (χ2n) is 5.02. The standard InChI is InChI=1S/C16H14ClN3O5S/c1-18-26(24,25)13-6-4-12(5-7-13)19-16(21)9-3-11-2-8-14(17)15(10-11)20(22)23/h2-10,18H,1H3,(H,19,21)/b9-3+. The predicted octanol–water partition coefficient (Wildman–Crippen LogP) is 2.81. The lowest BCUT2D eigenvalue weighted by Crippen LogP contribution is -2.18. The molecule has 8 nitrogen and oxygen atoms in total. The molecule has 1 amide bonds. The number of rotatable bonds is 6. The Morgan fingerprint density at radius 1 is 1.19 bits per heavy atom. The number of hydrogen-bond acceptors (Lipinski definition) is 5. The summed E-state index contributed by atoms with van der Waals surface area (Å²) in [7, 11) is -2.24. The maximum absolute atomic E-state index is 11.9. The Morgan fingerprint density at radius 3 is 2.42 bits per heavy atom. The Hall–Kier alpha value is -2.75. The number of hydrogen-bond donors (Lipinski definition) is 2. The molecule has 0 saturated carbocycles. The number of anilines is 1. The lowest BCUT2D eigenvalue weighted by Gasteiger charge is -2.05. The number of benzene rings is 2. The SMILES string of the molecule is CNS(=O)(=O)c1ccc(NC(=O)/C=C/c2ccc(Cl)c([N+](=O)[O-])c2)cc1. The van der Waals surface area contributed by atoms with Gasteiger partial charge in [0.2, 0.25) is 15.9 Å². The van der Waals surface area contributed by atoms with E-state index in [1.54, 1.807) is 0 Å². The van der Waals surface area contributed by atoms with Crippen LogP contribution in [-0.2, 0) is 14.8 Å². The molecule has 26 heavy (non-hydrogen) atoms. The van der Waals surface area contributed by atoms with E-state index in [-0.39, 0.29) is 15.6 Å². The first kappa shape index (κ1) is 19.6. The molecule has 0 radical (unpaired) electrons. The van der Waals surface area contributed by atoms with Crippen LogP contribution >= 0.6 is 11.6 Å². The highest BCUT2D eigenvalue weighted by Crippen LogP contribution is 2.25. The Balaban J connectivity index is 2.08. The van der Waals surface area contributed by atoms with Gasteiger partial charge in [0.05, 0.1) is 9.82 Å². The average Bonchev–Trinajstić information content (AvgIpc) is 2.61. The second-order valence-corrected chi connectivity index (χ2v) is 7.32. The van der Waals surface area contributed by atoms with Crippen LogP contribution in [0.25, 0.3) is 6.08 Å². The third-order valence-electron chi connectivity index (χ3n) is 3.29. The van der Waals surface area contributed by atoms with Crippen LogP contribution in [0.3, 0.4) is 0 Å².